The Morgan fingerprint density at radius 2 is 1.84 bits per heavy atom. The van der Waals surface area contributed by atoms with Gasteiger partial charge in [-0.05, 0) is 41.8 Å². The van der Waals surface area contributed by atoms with Crippen LogP contribution in [0.1, 0.15) is 17.2 Å². The maximum atomic E-state index is 13.4. The van der Waals surface area contributed by atoms with Gasteiger partial charge in [0.05, 0.1) is 5.02 Å². The van der Waals surface area contributed by atoms with Gasteiger partial charge in [0.15, 0.2) is 0 Å². The molecule has 2 rings (SSSR count). The first-order valence-corrected chi connectivity index (χ1v) is 6.76. The van der Waals surface area contributed by atoms with E-state index >= 15 is 0 Å². The second kappa shape index (κ2) is 6.10. The van der Waals surface area contributed by atoms with Gasteiger partial charge in [-0.15, -0.1) is 0 Å². The van der Waals surface area contributed by atoms with E-state index in [0.717, 1.165) is 5.56 Å². The molecule has 0 fully saturated rings. The zero-order valence-electron chi connectivity index (χ0n) is 9.84. The van der Waals surface area contributed by atoms with Crippen molar-refractivity contribution in [1.82, 2.24) is 0 Å². The summed E-state index contributed by atoms with van der Waals surface area (Å²) < 4.78 is 13.4. The normalized spacial score (nSPS) is 12.5. The fourth-order valence-corrected chi connectivity index (χ4v) is 2.49. The zero-order chi connectivity index (χ0) is 14.0. The maximum absolute atomic E-state index is 13.4. The number of benzene rings is 2. The molecule has 19 heavy (non-hydrogen) atoms. The standard InChI is InChI=1S/C14H11Cl3FN/c15-9-4-5-11(16)10(7-9)13(19)6-8-2-1-3-12(18)14(8)17/h1-5,7,13H,6,19H2. The smallest absolute Gasteiger partial charge is 0.142 e. The lowest BCUT2D eigenvalue weighted by Gasteiger charge is -2.15. The molecule has 0 spiro atoms. The van der Waals surface area contributed by atoms with Crippen LogP contribution in [-0.2, 0) is 6.42 Å². The van der Waals surface area contributed by atoms with Gasteiger partial charge < -0.3 is 5.73 Å². The summed E-state index contributed by atoms with van der Waals surface area (Å²) in [7, 11) is 0. The molecule has 0 aliphatic carbocycles. The maximum Gasteiger partial charge on any atom is 0.142 e. The van der Waals surface area contributed by atoms with Crippen LogP contribution in [0.5, 0.6) is 0 Å². The lowest BCUT2D eigenvalue weighted by atomic mass is 9.99. The molecule has 2 aromatic carbocycles. The van der Waals surface area contributed by atoms with E-state index in [1.165, 1.54) is 6.07 Å². The zero-order valence-corrected chi connectivity index (χ0v) is 12.1. The third-order valence-electron chi connectivity index (χ3n) is 2.83. The van der Waals surface area contributed by atoms with Crippen molar-refractivity contribution in [1.29, 1.82) is 0 Å². The molecule has 1 nitrogen and oxygen atoms in total. The van der Waals surface area contributed by atoms with Gasteiger partial charge in [-0.2, -0.15) is 0 Å². The highest BCUT2D eigenvalue weighted by Gasteiger charge is 2.14. The van der Waals surface area contributed by atoms with Crippen LogP contribution in [0.4, 0.5) is 4.39 Å². The molecule has 2 N–H and O–H groups in total. The number of nitrogens with two attached hydrogens (primary N) is 1. The molecule has 2 aromatic rings. The minimum Gasteiger partial charge on any atom is -0.324 e. The van der Waals surface area contributed by atoms with Crippen molar-refractivity contribution in [3.63, 3.8) is 0 Å². The lowest BCUT2D eigenvalue weighted by Crippen LogP contribution is -2.14. The van der Waals surface area contributed by atoms with Gasteiger partial charge in [0.2, 0.25) is 0 Å². The van der Waals surface area contributed by atoms with Gasteiger partial charge in [0.25, 0.3) is 0 Å². The first kappa shape index (κ1) is 14.6. The molecule has 0 saturated carbocycles. The predicted octanol–water partition coefficient (Wildman–Crippen LogP) is 5.03. The fraction of sp³-hybridized carbons (Fsp3) is 0.143. The topological polar surface area (TPSA) is 26.0 Å². The van der Waals surface area contributed by atoms with Crippen LogP contribution in [0, 0.1) is 5.82 Å². The molecule has 0 amide bonds. The third-order valence-corrected chi connectivity index (χ3v) is 3.83. The second-order valence-corrected chi connectivity index (χ2v) is 5.41. The Balaban J connectivity index is 2.28. The molecular weight excluding hydrogens is 308 g/mol. The van der Waals surface area contributed by atoms with Crippen LogP contribution in [0.3, 0.4) is 0 Å². The monoisotopic (exact) mass is 317 g/mol. The van der Waals surface area contributed by atoms with Crippen molar-refractivity contribution in [2.24, 2.45) is 5.73 Å². The highest BCUT2D eigenvalue weighted by molar-refractivity contribution is 6.33. The Bertz CT molecular complexity index is 601. The van der Waals surface area contributed by atoms with E-state index in [1.54, 1.807) is 30.3 Å². The van der Waals surface area contributed by atoms with Crippen LogP contribution in [0.25, 0.3) is 0 Å². The van der Waals surface area contributed by atoms with Crippen molar-refractivity contribution in [2.75, 3.05) is 0 Å². The van der Waals surface area contributed by atoms with Gasteiger partial charge >= 0.3 is 0 Å². The highest BCUT2D eigenvalue weighted by Crippen LogP contribution is 2.29. The summed E-state index contributed by atoms with van der Waals surface area (Å²) in [6.07, 6.45) is 0.386. The van der Waals surface area contributed by atoms with Gasteiger partial charge in [-0.25, -0.2) is 4.39 Å². The average molecular weight is 319 g/mol. The molecule has 1 unspecified atom stereocenters. The van der Waals surface area contributed by atoms with E-state index in [-0.39, 0.29) is 5.02 Å². The minimum atomic E-state index is -0.455. The molecule has 0 aliphatic rings. The van der Waals surface area contributed by atoms with E-state index in [2.05, 4.69) is 0 Å². The summed E-state index contributed by atoms with van der Waals surface area (Å²) in [4.78, 5) is 0. The van der Waals surface area contributed by atoms with Crippen LogP contribution in [-0.4, -0.2) is 0 Å². The Kier molecular flexibility index (Phi) is 4.69. The molecule has 5 heteroatoms. The Hall–Kier alpha value is -0.800. The van der Waals surface area contributed by atoms with E-state index in [9.17, 15) is 4.39 Å². The largest absolute Gasteiger partial charge is 0.324 e. The lowest BCUT2D eigenvalue weighted by molar-refractivity contribution is 0.622. The minimum absolute atomic E-state index is 0.0936. The van der Waals surface area contributed by atoms with E-state index < -0.39 is 11.9 Å². The second-order valence-electron chi connectivity index (χ2n) is 4.19. The molecule has 0 aliphatic heterocycles. The summed E-state index contributed by atoms with van der Waals surface area (Å²) in [5.74, 6) is -0.455. The number of halogens is 4. The number of rotatable bonds is 3. The van der Waals surface area contributed by atoms with E-state index in [1.807, 2.05) is 0 Å². The molecule has 0 saturated heterocycles. The van der Waals surface area contributed by atoms with Crippen LogP contribution < -0.4 is 5.73 Å². The van der Waals surface area contributed by atoms with Crippen molar-refractivity contribution in [3.8, 4) is 0 Å². The fourth-order valence-electron chi connectivity index (χ4n) is 1.85. The average Bonchev–Trinajstić information content (AvgIpc) is 2.38. The van der Waals surface area contributed by atoms with E-state index in [4.69, 9.17) is 40.5 Å². The summed E-state index contributed by atoms with van der Waals surface area (Å²) in [5.41, 5.74) is 7.45. The molecular formula is C14H11Cl3FN. The summed E-state index contributed by atoms with van der Waals surface area (Å²) in [6, 6.07) is 9.34. The van der Waals surface area contributed by atoms with E-state index in [0.29, 0.717) is 22.0 Å². The third kappa shape index (κ3) is 3.40. The van der Waals surface area contributed by atoms with Crippen molar-refractivity contribution in [2.45, 2.75) is 12.5 Å². The van der Waals surface area contributed by atoms with Crippen molar-refractivity contribution >= 4 is 34.8 Å². The molecule has 0 bridgehead atoms. The molecule has 100 valence electrons. The Morgan fingerprint density at radius 3 is 2.58 bits per heavy atom. The van der Waals surface area contributed by atoms with Gasteiger partial charge in [-0.3, -0.25) is 0 Å². The van der Waals surface area contributed by atoms with Crippen molar-refractivity contribution < 1.29 is 4.39 Å². The molecule has 1 atom stereocenters. The first-order chi connectivity index (χ1) is 8.99. The first-order valence-electron chi connectivity index (χ1n) is 5.62. The van der Waals surface area contributed by atoms with Gasteiger partial charge in [-0.1, -0.05) is 46.9 Å². The Morgan fingerprint density at radius 1 is 1.11 bits per heavy atom. The molecule has 0 heterocycles. The summed E-state index contributed by atoms with van der Waals surface area (Å²) in [5, 5.41) is 1.18. The van der Waals surface area contributed by atoms with Crippen molar-refractivity contribution in [3.05, 3.63) is 68.4 Å². The molecule has 0 radical (unpaired) electrons. The Labute approximate surface area is 126 Å². The predicted molar refractivity (Wildman–Crippen MR) is 78.5 cm³/mol. The van der Waals surface area contributed by atoms with Crippen LogP contribution in [0.15, 0.2) is 36.4 Å². The molecule has 0 aromatic heterocycles. The van der Waals surface area contributed by atoms with Crippen LogP contribution >= 0.6 is 34.8 Å². The number of hydrogen-bond acceptors (Lipinski definition) is 1. The highest BCUT2D eigenvalue weighted by atomic mass is 35.5. The summed E-state index contributed by atoms with van der Waals surface area (Å²) in [6.45, 7) is 0. The van der Waals surface area contributed by atoms with Gasteiger partial charge in [0, 0.05) is 16.1 Å². The van der Waals surface area contributed by atoms with Gasteiger partial charge in [0.1, 0.15) is 5.82 Å². The SMILES string of the molecule is NC(Cc1cccc(F)c1Cl)c1cc(Cl)ccc1Cl. The number of hydrogen-bond donors (Lipinski definition) is 1. The van der Waals surface area contributed by atoms with Crippen LogP contribution in [0.2, 0.25) is 15.1 Å². The quantitative estimate of drug-likeness (QED) is 0.844. The summed E-state index contributed by atoms with van der Waals surface area (Å²) >= 11 is 17.9.